The topological polar surface area (TPSA) is 113 Å². The van der Waals surface area contributed by atoms with Crippen LogP contribution in [0.25, 0.3) is 0 Å². The average Bonchev–Trinajstić information content (AvgIpc) is 2.66. The Labute approximate surface area is 170 Å². The van der Waals surface area contributed by atoms with Crippen molar-refractivity contribution in [1.82, 2.24) is 15.5 Å². The summed E-state index contributed by atoms with van der Waals surface area (Å²) in [4.78, 5) is 39.2. The molecule has 0 aliphatic carbocycles. The van der Waals surface area contributed by atoms with Crippen LogP contribution in [0.1, 0.15) is 33.1 Å². The highest BCUT2D eigenvalue weighted by atomic mass is 32.2. The van der Waals surface area contributed by atoms with Gasteiger partial charge in [0.15, 0.2) is 9.84 Å². The molecule has 8 nitrogen and oxygen atoms in total. The third kappa shape index (κ3) is 4.95. The molecule has 2 aliphatic heterocycles. The Balaban J connectivity index is 1.59. The predicted molar refractivity (Wildman–Crippen MR) is 107 cm³/mol. The van der Waals surface area contributed by atoms with E-state index in [2.05, 4.69) is 10.6 Å². The van der Waals surface area contributed by atoms with Gasteiger partial charge in [0.25, 0.3) is 0 Å². The minimum absolute atomic E-state index is 0.0836. The Morgan fingerprint density at radius 3 is 2.59 bits per heavy atom. The Morgan fingerprint density at radius 1 is 1.24 bits per heavy atom. The molecular weight excluding hydrogens is 394 g/mol. The van der Waals surface area contributed by atoms with Crippen LogP contribution in [0, 0.1) is 5.92 Å². The number of hydrogen-bond donors (Lipinski definition) is 2. The van der Waals surface area contributed by atoms with E-state index in [1.54, 1.807) is 23.1 Å². The number of nitrogens with one attached hydrogen (secondary N) is 2. The third-order valence-corrected chi connectivity index (χ3v) is 6.93. The maximum Gasteiger partial charge on any atom is 0.245 e. The van der Waals surface area contributed by atoms with E-state index in [1.165, 1.54) is 12.1 Å². The van der Waals surface area contributed by atoms with Gasteiger partial charge in [0.2, 0.25) is 17.7 Å². The number of rotatable bonds is 6. The molecule has 3 unspecified atom stereocenters. The van der Waals surface area contributed by atoms with Gasteiger partial charge in [-0.05, 0) is 37.3 Å². The van der Waals surface area contributed by atoms with Crippen LogP contribution < -0.4 is 10.6 Å². The van der Waals surface area contributed by atoms with Gasteiger partial charge < -0.3 is 15.5 Å². The quantitative estimate of drug-likeness (QED) is 0.694. The standard InChI is InChI=1S/C20H27N3O5S/c1-13(2)10-16-20(26)23-9-8-14(11-17(23)19(25)22-16)21-18(24)12-29(27,28)15-6-4-3-5-7-15/h3-7,13-14,16-17H,8-12H2,1-2H3,(H,21,24)(H,22,25). The van der Waals surface area contributed by atoms with E-state index in [1.807, 2.05) is 13.8 Å². The molecule has 158 valence electrons. The molecule has 1 aromatic rings. The summed E-state index contributed by atoms with van der Waals surface area (Å²) in [6.45, 7) is 4.36. The van der Waals surface area contributed by atoms with E-state index in [-0.39, 0.29) is 35.1 Å². The summed E-state index contributed by atoms with van der Waals surface area (Å²) >= 11 is 0. The maximum atomic E-state index is 12.7. The van der Waals surface area contributed by atoms with Crippen molar-refractivity contribution in [2.24, 2.45) is 5.92 Å². The molecule has 2 heterocycles. The maximum absolute atomic E-state index is 12.7. The number of carbonyl (C=O) groups is 3. The van der Waals surface area contributed by atoms with Gasteiger partial charge in [-0.2, -0.15) is 0 Å². The molecule has 2 N–H and O–H groups in total. The average molecular weight is 422 g/mol. The summed E-state index contributed by atoms with van der Waals surface area (Å²) < 4.78 is 24.7. The van der Waals surface area contributed by atoms with E-state index in [4.69, 9.17) is 0 Å². The molecule has 0 saturated carbocycles. The molecule has 0 radical (unpaired) electrons. The number of piperazine rings is 1. The third-order valence-electron chi connectivity index (χ3n) is 5.30. The van der Waals surface area contributed by atoms with Crippen LogP contribution in [0.4, 0.5) is 0 Å². The lowest BCUT2D eigenvalue weighted by Gasteiger charge is -2.44. The first-order valence-electron chi connectivity index (χ1n) is 9.85. The molecule has 3 amide bonds. The minimum Gasteiger partial charge on any atom is -0.352 e. The van der Waals surface area contributed by atoms with Gasteiger partial charge in [-0.25, -0.2) is 8.42 Å². The first-order valence-corrected chi connectivity index (χ1v) is 11.5. The summed E-state index contributed by atoms with van der Waals surface area (Å²) in [6, 6.07) is 6.33. The van der Waals surface area contributed by atoms with Crippen molar-refractivity contribution in [1.29, 1.82) is 0 Å². The molecule has 2 aliphatic rings. The number of benzene rings is 1. The first kappa shape index (κ1) is 21.3. The molecular formula is C20H27N3O5S. The lowest BCUT2D eigenvalue weighted by atomic mass is 9.91. The number of amides is 3. The van der Waals surface area contributed by atoms with E-state index in [0.29, 0.717) is 19.4 Å². The predicted octanol–water partition coefficient (Wildman–Crippen LogP) is 0.481. The van der Waals surface area contributed by atoms with Gasteiger partial charge in [-0.3, -0.25) is 14.4 Å². The lowest BCUT2D eigenvalue weighted by Crippen LogP contribution is -2.67. The van der Waals surface area contributed by atoms with Crippen molar-refractivity contribution < 1.29 is 22.8 Å². The smallest absolute Gasteiger partial charge is 0.245 e. The van der Waals surface area contributed by atoms with Crippen molar-refractivity contribution in [3.63, 3.8) is 0 Å². The fraction of sp³-hybridized carbons (Fsp3) is 0.550. The van der Waals surface area contributed by atoms with E-state index in [0.717, 1.165) is 0 Å². The molecule has 9 heteroatoms. The number of carbonyl (C=O) groups excluding carboxylic acids is 3. The van der Waals surface area contributed by atoms with E-state index < -0.39 is 33.6 Å². The van der Waals surface area contributed by atoms with Crippen LogP contribution in [-0.4, -0.2) is 61.5 Å². The zero-order valence-corrected chi connectivity index (χ0v) is 17.4. The molecule has 0 bridgehead atoms. The summed E-state index contributed by atoms with van der Waals surface area (Å²) in [6.07, 6.45) is 1.36. The molecule has 3 atom stereocenters. The fourth-order valence-electron chi connectivity index (χ4n) is 3.92. The Hall–Kier alpha value is -2.42. The molecule has 2 fully saturated rings. The number of hydrogen-bond acceptors (Lipinski definition) is 5. The number of fused-ring (bicyclic) bond motifs is 1. The monoisotopic (exact) mass is 421 g/mol. The second kappa shape index (κ2) is 8.52. The highest BCUT2D eigenvalue weighted by Gasteiger charge is 2.44. The van der Waals surface area contributed by atoms with Crippen LogP contribution in [0.15, 0.2) is 35.2 Å². The zero-order valence-electron chi connectivity index (χ0n) is 16.6. The van der Waals surface area contributed by atoms with E-state index in [9.17, 15) is 22.8 Å². The van der Waals surface area contributed by atoms with Crippen molar-refractivity contribution in [3.8, 4) is 0 Å². The van der Waals surface area contributed by atoms with E-state index >= 15 is 0 Å². The number of sulfone groups is 1. The molecule has 0 spiro atoms. The van der Waals surface area contributed by atoms with Crippen LogP contribution >= 0.6 is 0 Å². The fourth-order valence-corrected chi connectivity index (χ4v) is 5.09. The number of piperidine rings is 1. The summed E-state index contributed by atoms with van der Waals surface area (Å²) in [5, 5.41) is 5.51. The molecule has 1 aromatic carbocycles. The van der Waals surface area contributed by atoms with Crippen molar-refractivity contribution in [3.05, 3.63) is 30.3 Å². The van der Waals surface area contributed by atoms with Crippen molar-refractivity contribution >= 4 is 27.6 Å². The van der Waals surface area contributed by atoms with Gasteiger partial charge in [0, 0.05) is 12.6 Å². The second-order valence-corrected chi connectivity index (χ2v) is 10.1. The Morgan fingerprint density at radius 2 is 1.93 bits per heavy atom. The van der Waals surface area contributed by atoms with Crippen LogP contribution in [-0.2, 0) is 24.2 Å². The molecule has 2 saturated heterocycles. The van der Waals surface area contributed by atoms with Crippen molar-refractivity contribution in [2.45, 2.75) is 56.1 Å². The van der Waals surface area contributed by atoms with Crippen molar-refractivity contribution in [2.75, 3.05) is 12.3 Å². The first-order chi connectivity index (χ1) is 13.7. The molecule has 3 rings (SSSR count). The van der Waals surface area contributed by atoms with Crippen LogP contribution in [0.5, 0.6) is 0 Å². The largest absolute Gasteiger partial charge is 0.352 e. The minimum atomic E-state index is -3.73. The highest BCUT2D eigenvalue weighted by molar-refractivity contribution is 7.92. The van der Waals surface area contributed by atoms with Gasteiger partial charge in [0.1, 0.15) is 17.8 Å². The summed E-state index contributed by atoms with van der Waals surface area (Å²) in [5.41, 5.74) is 0. The van der Waals surface area contributed by atoms with Crippen LogP contribution in [0.3, 0.4) is 0 Å². The summed E-state index contributed by atoms with van der Waals surface area (Å²) in [7, 11) is -3.73. The van der Waals surface area contributed by atoms with Gasteiger partial charge >= 0.3 is 0 Å². The Bertz CT molecular complexity index is 885. The lowest BCUT2D eigenvalue weighted by molar-refractivity contribution is -0.152. The zero-order chi connectivity index (χ0) is 21.2. The number of nitrogens with zero attached hydrogens (tertiary/aromatic N) is 1. The SMILES string of the molecule is CC(C)CC1NC(=O)C2CC(NC(=O)CS(=O)(=O)c3ccccc3)CCN2C1=O. The molecule has 0 aromatic heterocycles. The normalized spacial score (nSPS) is 24.8. The van der Waals surface area contributed by atoms with Gasteiger partial charge in [-0.1, -0.05) is 32.0 Å². The summed E-state index contributed by atoms with van der Waals surface area (Å²) in [5.74, 6) is -1.27. The van der Waals surface area contributed by atoms with Crippen LogP contribution in [0.2, 0.25) is 0 Å². The molecule has 29 heavy (non-hydrogen) atoms. The van der Waals surface area contributed by atoms with Gasteiger partial charge in [0.05, 0.1) is 4.90 Å². The Kier molecular flexibility index (Phi) is 6.26. The highest BCUT2D eigenvalue weighted by Crippen LogP contribution is 2.24. The second-order valence-electron chi connectivity index (χ2n) is 8.10. The van der Waals surface area contributed by atoms with Gasteiger partial charge in [-0.15, -0.1) is 0 Å².